The smallest absolute Gasteiger partial charge is 0.400 e. The Morgan fingerprint density at radius 1 is 1.23 bits per heavy atom. The predicted octanol–water partition coefficient (Wildman–Crippen LogP) is 2.43. The largest absolute Gasteiger partial charge is 0.489 e. The van der Waals surface area contributed by atoms with Crippen molar-refractivity contribution in [2.75, 3.05) is 5.75 Å². The molecule has 1 aliphatic rings. The van der Waals surface area contributed by atoms with Gasteiger partial charge in [0.1, 0.15) is 0 Å². The van der Waals surface area contributed by atoms with Crippen molar-refractivity contribution in [2.45, 2.75) is 50.8 Å². The van der Waals surface area contributed by atoms with Gasteiger partial charge in [-0.1, -0.05) is 12.1 Å². The molecule has 1 aromatic heterocycles. The molecule has 0 saturated carbocycles. The maximum Gasteiger partial charge on any atom is 0.489 e. The molecular weight excluding hydrogens is 301 g/mol. The zero-order valence-electron chi connectivity index (χ0n) is 13.7. The van der Waals surface area contributed by atoms with Gasteiger partial charge < -0.3 is 9.31 Å². The number of hydrogen-bond acceptors (Lipinski definition) is 5. The van der Waals surface area contributed by atoms with E-state index in [1.165, 1.54) is 12.3 Å². The standard InChI is InChI=1S/C15H22BNO4S/c1-12(16-20-14(2,3)15(4,5)21-16)9-11-22(18,19)13-8-6-7-10-17-13/h6-10H,11H2,1-5H3/b12-9+. The van der Waals surface area contributed by atoms with Crippen molar-refractivity contribution in [1.82, 2.24) is 4.98 Å². The molecule has 0 N–H and O–H groups in total. The molecule has 0 bridgehead atoms. The third-order valence-corrected chi connectivity index (χ3v) is 5.69. The van der Waals surface area contributed by atoms with E-state index in [9.17, 15) is 8.42 Å². The highest BCUT2D eigenvalue weighted by Gasteiger charge is 2.51. The van der Waals surface area contributed by atoms with Gasteiger partial charge in [0, 0.05) is 6.20 Å². The summed E-state index contributed by atoms with van der Waals surface area (Å²) in [5, 5.41) is 0.0768. The van der Waals surface area contributed by atoms with Crippen LogP contribution in [0.2, 0.25) is 0 Å². The highest BCUT2D eigenvalue weighted by Crippen LogP contribution is 2.38. The van der Waals surface area contributed by atoms with Gasteiger partial charge in [0.2, 0.25) is 0 Å². The van der Waals surface area contributed by atoms with Crippen molar-refractivity contribution in [1.29, 1.82) is 0 Å². The fourth-order valence-electron chi connectivity index (χ4n) is 1.98. The summed E-state index contributed by atoms with van der Waals surface area (Å²) >= 11 is 0. The zero-order valence-corrected chi connectivity index (χ0v) is 14.5. The second-order valence-electron chi connectivity index (χ2n) is 6.49. The summed E-state index contributed by atoms with van der Waals surface area (Å²) in [6.45, 7) is 9.67. The number of sulfone groups is 1. The third-order valence-electron chi connectivity index (χ3n) is 4.21. The summed E-state index contributed by atoms with van der Waals surface area (Å²) in [5.74, 6) is -0.125. The minimum absolute atomic E-state index is 0.0768. The molecule has 1 aliphatic heterocycles. The van der Waals surface area contributed by atoms with Crippen LogP contribution in [0.15, 0.2) is 41.0 Å². The number of rotatable bonds is 4. The summed E-state index contributed by atoms with van der Waals surface area (Å²) in [5.41, 5.74) is -0.127. The zero-order chi connectivity index (χ0) is 16.6. The molecule has 0 amide bonds. The topological polar surface area (TPSA) is 65.5 Å². The van der Waals surface area contributed by atoms with E-state index in [-0.39, 0.29) is 10.8 Å². The van der Waals surface area contributed by atoms with E-state index in [2.05, 4.69) is 4.98 Å². The first kappa shape index (κ1) is 17.2. The molecule has 7 heteroatoms. The highest BCUT2D eigenvalue weighted by atomic mass is 32.2. The monoisotopic (exact) mass is 323 g/mol. The second kappa shape index (κ2) is 5.79. The quantitative estimate of drug-likeness (QED) is 0.796. The molecule has 0 atom stereocenters. The molecule has 22 heavy (non-hydrogen) atoms. The van der Waals surface area contributed by atoms with Crippen LogP contribution in [0.5, 0.6) is 0 Å². The summed E-state index contributed by atoms with van der Waals surface area (Å²) < 4.78 is 36.2. The van der Waals surface area contributed by atoms with Gasteiger partial charge in [0.05, 0.1) is 17.0 Å². The highest BCUT2D eigenvalue weighted by molar-refractivity contribution is 7.91. The van der Waals surface area contributed by atoms with Gasteiger partial charge in [-0.3, -0.25) is 0 Å². The molecule has 2 rings (SSSR count). The Kier molecular flexibility index (Phi) is 4.52. The molecule has 2 heterocycles. The Hall–Kier alpha value is -1.18. The van der Waals surface area contributed by atoms with Crippen molar-refractivity contribution in [3.05, 3.63) is 35.9 Å². The van der Waals surface area contributed by atoms with E-state index < -0.39 is 28.2 Å². The fraction of sp³-hybridized carbons (Fsp3) is 0.533. The van der Waals surface area contributed by atoms with Crippen LogP contribution in [0.1, 0.15) is 34.6 Å². The molecule has 0 unspecified atom stereocenters. The van der Waals surface area contributed by atoms with Crippen molar-refractivity contribution in [2.24, 2.45) is 0 Å². The molecule has 1 saturated heterocycles. The van der Waals surface area contributed by atoms with Gasteiger partial charge in [-0.05, 0) is 52.2 Å². The summed E-state index contributed by atoms with van der Waals surface area (Å²) in [4.78, 5) is 3.89. The SMILES string of the molecule is C/C(=C\CS(=O)(=O)c1ccccn1)B1OC(C)(C)C(C)(C)O1. The first-order valence-corrected chi connectivity index (χ1v) is 8.86. The number of aromatic nitrogens is 1. The van der Waals surface area contributed by atoms with E-state index in [1.807, 2.05) is 34.6 Å². The molecular formula is C15H22BNO4S. The molecule has 0 spiro atoms. The normalized spacial score (nSPS) is 21.1. The van der Waals surface area contributed by atoms with Crippen LogP contribution in [-0.2, 0) is 19.1 Å². The minimum Gasteiger partial charge on any atom is -0.400 e. The maximum atomic E-state index is 12.2. The molecule has 0 aromatic carbocycles. The molecule has 1 fully saturated rings. The molecule has 0 radical (unpaired) electrons. The minimum atomic E-state index is -3.44. The molecule has 120 valence electrons. The van der Waals surface area contributed by atoms with Crippen LogP contribution in [-0.4, -0.2) is 37.5 Å². The third kappa shape index (κ3) is 3.42. The first-order valence-electron chi connectivity index (χ1n) is 7.21. The first-order chi connectivity index (χ1) is 10.1. The Bertz CT molecular complexity index is 652. The molecule has 5 nitrogen and oxygen atoms in total. The average Bonchev–Trinajstić information content (AvgIpc) is 2.66. The lowest BCUT2D eigenvalue weighted by atomic mass is 9.79. The Labute approximate surface area is 132 Å². The van der Waals surface area contributed by atoms with Crippen molar-refractivity contribution >= 4 is 17.0 Å². The van der Waals surface area contributed by atoms with E-state index >= 15 is 0 Å². The summed E-state index contributed by atoms with van der Waals surface area (Å²) in [7, 11) is -3.97. The summed E-state index contributed by atoms with van der Waals surface area (Å²) in [6, 6.07) is 4.84. The Balaban J connectivity index is 2.12. The lowest BCUT2D eigenvalue weighted by Gasteiger charge is -2.32. The van der Waals surface area contributed by atoms with Crippen LogP contribution in [0.3, 0.4) is 0 Å². The van der Waals surface area contributed by atoms with E-state index in [0.717, 1.165) is 5.47 Å². The second-order valence-corrected chi connectivity index (χ2v) is 8.47. The van der Waals surface area contributed by atoms with E-state index in [0.29, 0.717) is 0 Å². The Morgan fingerprint density at radius 2 is 1.82 bits per heavy atom. The maximum absolute atomic E-state index is 12.2. The van der Waals surface area contributed by atoms with Crippen LogP contribution in [0.4, 0.5) is 0 Å². The fourth-order valence-corrected chi connectivity index (χ4v) is 3.14. The van der Waals surface area contributed by atoms with Gasteiger partial charge in [-0.15, -0.1) is 0 Å². The van der Waals surface area contributed by atoms with Gasteiger partial charge in [0.15, 0.2) is 14.9 Å². The van der Waals surface area contributed by atoms with Gasteiger partial charge in [-0.2, -0.15) is 0 Å². The molecule has 1 aromatic rings. The van der Waals surface area contributed by atoms with Gasteiger partial charge >= 0.3 is 7.12 Å². The number of pyridine rings is 1. The van der Waals surface area contributed by atoms with Crippen molar-refractivity contribution in [3.8, 4) is 0 Å². The molecule has 0 aliphatic carbocycles. The average molecular weight is 323 g/mol. The number of nitrogens with zero attached hydrogens (tertiary/aromatic N) is 1. The van der Waals surface area contributed by atoms with E-state index in [4.69, 9.17) is 9.31 Å². The van der Waals surface area contributed by atoms with Crippen LogP contribution >= 0.6 is 0 Å². The van der Waals surface area contributed by atoms with Gasteiger partial charge in [-0.25, -0.2) is 13.4 Å². The van der Waals surface area contributed by atoms with Crippen LogP contribution < -0.4 is 0 Å². The van der Waals surface area contributed by atoms with Crippen molar-refractivity contribution < 1.29 is 17.7 Å². The Morgan fingerprint density at radius 3 is 2.32 bits per heavy atom. The lowest BCUT2D eigenvalue weighted by Crippen LogP contribution is -2.41. The number of allylic oxidation sites excluding steroid dienone is 1. The van der Waals surface area contributed by atoms with Crippen LogP contribution in [0.25, 0.3) is 0 Å². The predicted molar refractivity (Wildman–Crippen MR) is 86.1 cm³/mol. The lowest BCUT2D eigenvalue weighted by molar-refractivity contribution is 0.00578. The number of hydrogen-bond donors (Lipinski definition) is 0. The van der Waals surface area contributed by atoms with Crippen molar-refractivity contribution in [3.63, 3.8) is 0 Å². The van der Waals surface area contributed by atoms with E-state index in [1.54, 1.807) is 18.2 Å². The van der Waals surface area contributed by atoms with Crippen LogP contribution in [0, 0.1) is 0 Å². The summed E-state index contributed by atoms with van der Waals surface area (Å²) in [6.07, 6.45) is 3.10. The van der Waals surface area contributed by atoms with Gasteiger partial charge in [0.25, 0.3) is 0 Å².